The van der Waals surface area contributed by atoms with E-state index in [1.807, 2.05) is 24.3 Å². The summed E-state index contributed by atoms with van der Waals surface area (Å²) in [6.07, 6.45) is 5.62. The van der Waals surface area contributed by atoms with E-state index >= 15 is 0 Å². The van der Waals surface area contributed by atoms with Gasteiger partial charge in [0.2, 0.25) is 0 Å². The quantitative estimate of drug-likeness (QED) is 0.837. The van der Waals surface area contributed by atoms with Gasteiger partial charge in [0.05, 0.1) is 24.4 Å². The molecule has 0 radical (unpaired) electrons. The molecule has 0 fully saturated rings. The van der Waals surface area contributed by atoms with E-state index < -0.39 is 0 Å². The van der Waals surface area contributed by atoms with Crippen molar-refractivity contribution < 1.29 is 4.74 Å². The number of anilines is 1. The highest BCUT2D eigenvalue weighted by Crippen LogP contribution is 2.50. The highest BCUT2D eigenvalue weighted by Gasteiger charge is 2.38. The molecular weight excluding hydrogens is 284 g/mol. The fourth-order valence-electron chi connectivity index (χ4n) is 3.86. The Kier molecular flexibility index (Phi) is 3.31. The molecule has 1 heterocycles. The van der Waals surface area contributed by atoms with Gasteiger partial charge >= 0.3 is 0 Å². The Balaban J connectivity index is 1.79. The molecule has 0 saturated heterocycles. The summed E-state index contributed by atoms with van der Waals surface area (Å²) in [7, 11) is 1.68. The molecule has 0 amide bonds. The molecule has 23 heavy (non-hydrogen) atoms. The van der Waals surface area contributed by atoms with E-state index in [1.165, 1.54) is 11.1 Å². The number of allylic oxidation sites excluding steroid dienone is 2. The molecule has 114 valence electrons. The minimum Gasteiger partial charge on any atom is -0.497 e. The number of fused-ring (bicyclic) bond motifs is 3. The van der Waals surface area contributed by atoms with Crippen LogP contribution in [0, 0.1) is 17.2 Å². The number of hydrogen-bond acceptors (Lipinski definition) is 3. The summed E-state index contributed by atoms with van der Waals surface area (Å²) >= 11 is 0. The zero-order chi connectivity index (χ0) is 15.8. The van der Waals surface area contributed by atoms with Crippen LogP contribution >= 0.6 is 0 Å². The number of methoxy groups -OCH3 is 1. The van der Waals surface area contributed by atoms with Crippen LogP contribution in [0.3, 0.4) is 0 Å². The van der Waals surface area contributed by atoms with Crippen molar-refractivity contribution >= 4 is 5.69 Å². The number of ether oxygens (including phenoxy) is 1. The van der Waals surface area contributed by atoms with E-state index in [9.17, 15) is 5.26 Å². The molecule has 3 atom stereocenters. The molecule has 1 N–H and O–H groups in total. The molecule has 0 saturated carbocycles. The zero-order valence-corrected chi connectivity index (χ0v) is 13.0. The maximum Gasteiger partial charge on any atom is 0.118 e. The van der Waals surface area contributed by atoms with E-state index in [-0.39, 0.29) is 6.04 Å². The van der Waals surface area contributed by atoms with Crippen LogP contribution in [0.1, 0.15) is 35.1 Å². The topological polar surface area (TPSA) is 45.0 Å². The number of rotatable bonds is 2. The zero-order valence-electron chi connectivity index (χ0n) is 13.0. The third kappa shape index (κ3) is 2.19. The summed E-state index contributed by atoms with van der Waals surface area (Å²) < 4.78 is 5.26. The lowest BCUT2D eigenvalue weighted by atomic mass is 9.76. The van der Waals surface area contributed by atoms with Gasteiger partial charge in [-0.15, -0.1) is 0 Å². The fraction of sp³-hybridized carbons (Fsp3) is 0.250. The molecule has 0 aromatic heterocycles. The first kappa shape index (κ1) is 13.9. The summed E-state index contributed by atoms with van der Waals surface area (Å²) in [4.78, 5) is 0. The van der Waals surface area contributed by atoms with Gasteiger partial charge in [-0.1, -0.05) is 36.4 Å². The molecule has 3 heteroatoms. The SMILES string of the molecule is COc1ccc(C2Nc3c(C#N)cccc3C3C=CCC32)cc1. The summed E-state index contributed by atoms with van der Waals surface area (Å²) in [6, 6.07) is 16.8. The van der Waals surface area contributed by atoms with Crippen molar-refractivity contribution in [3.05, 3.63) is 71.3 Å². The number of benzene rings is 2. The highest BCUT2D eigenvalue weighted by atomic mass is 16.5. The van der Waals surface area contributed by atoms with Crippen molar-refractivity contribution in [2.75, 3.05) is 12.4 Å². The van der Waals surface area contributed by atoms with E-state index in [2.05, 4.69) is 41.7 Å². The van der Waals surface area contributed by atoms with Gasteiger partial charge in [-0.25, -0.2) is 0 Å². The number of para-hydroxylation sites is 1. The molecule has 3 nitrogen and oxygen atoms in total. The van der Waals surface area contributed by atoms with Crippen LogP contribution in [0.25, 0.3) is 0 Å². The summed E-state index contributed by atoms with van der Waals surface area (Å²) in [5.74, 6) is 1.74. The fourth-order valence-corrected chi connectivity index (χ4v) is 3.86. The average Bonchev–Trinajstić information content (AvgIpc) is 3.10. The summed E-state index contributed by atoms with van der Waals surface area (Å²) in [5.41, 5.74) is 4.19. The normalized spacial score (nSPS) is 24.3. The third-order valence-electron chi connectivity index (χ3n) is 4.99. The standard InChI is InChI=1S/C20H18N2O/c1-23-15-10-8-13(9-11-15)19-17-7-3-5-16(17)18-6-2-4-14(12-21)20(18)22-19/h2-6,8-11,16-17,19,22H,7H2,1H3. The Morgan fingerprint density at radius 2 is 2.00 bits per heavy atom. The Hall–Kier alpha value is -2.73. The highest BCUT2D eigenvalue weighted by molar-refractivity contribution is 5.67. The third-order valence-corrected chi connectivity index (χ3v) is 4.99. The largest absolute Gasteiger partial charge is 0.497 e. The number of nitrogens with zero attached hydrogens (tertiary/aromatic N) is 1. The second-order valence-corrected chi connectivity index (χ2v) is 6.13. The van der Waals surface area contributed by atoms with Gasteiger partial charge in [0.25, 0.3) is 0 Å². The maximum absolute atomic E-state index is 9.43. The van der Waals surface area contributed by atoms with E-state index in [0.717, 1.165) is 23.4 Å². The van der Waals surface area contributed by atoms with Crippen LogP contribution in [0.2, 0.25) is 0 Å². The predicted molar refractivity (Wildman–Crippen MR) is 90.5 cm³/mol. The van der Waals surface area contributed by atoms with Gasteiger partial charge in [0.1, 0.15) is 11.8 Å². The van der Waals surface area contributed by atoms with Crippen LogP contribution in [0.4, 0.5) is 5.69 Å². The molecule has 3 unspecified atom stereocenters. The molecule has 0 spiro atoms. The van der Waals surface area contributed by atoms with E-state index in [0.29, 0.717) is 11.8 Å². The minimum atomic E-state index is 0.211. The molecule has 0 bridgehead atoms. The van der Waals surface area contributed by atoms with E-state index in [1.54, 1.807) is 7.11 Å². The van der Waals surface area contributed by atoms with Crippen LogP contribution in [0.15, 0.2) is 54.6 Å². The van der Waals surface area contributed by atoms with Crippen molar-refractivity contribution in [2.45, 2.75) is 18.4 Å². The second kappa shape index (κ2) is 5.48. The lowest BCUT2D eigenvalue weighted by Gasteiger charge is -2.38. The second-order valence-electron chi connectivity index (χ2n) is 6.13. The lowest BCUT2D eigenvalue weighted by Crippen LogP contribution is -2.29. The molecule has 4 rings (SSSR count). The van der Waals surface area contributed by atoms with Crippen molar-refractivity contribution in [3.63, 3.8) is 0 Å². The Morgan fingerprint density at radius 3 is 2.74 bits per heavy atom. The van der Waals surface area contributed by atoms with Gasteiger partial charge < -0.3 is 10.1 Å². The monoisotopic (exact) mass is 302 g/mol. The molecule has 2 aromatic carbocycles. The predicted octanol–water partition coefficient (Wildman–Crippen LogP) is 4.39. The first-order chi connectivity index (χ1) is 11.3. The molecule has 1 aliphatic carbocycles. The number of hydrogen-bond donors (Lipinski definition) is 1. The first-order valence-corrected chi connectivity index (χ1v) is 7.92. The van der Waals surface area contributed by atoms with Gasteiger partial charge in [-0.2, -0.15) is 5.26 Å². The first-order valence-electron chi connectivity index (χ1n) is 7.92. The molecule has 1 aliphatic heterocycles. The van der Waals surface area contributed by atoms with Crippen molar-refractivity contribution in [3.8, 4) is 11.8 Å². The van der Waals surface area contributed by atoms with Crippen LogP contribution < -0.4 is 10.1 Å². The molecular formula is C20H18N2O. The van der Waals surface area contributed by atoms with Crippen molar-refractivity contribution in [1.29, 1.82) is 5.26 Å². The Labute approximate surface area is 136 Å². The average molecular weight is 302 g/mol. The van der Waals surface area contributed by atoms with Gasteiger partial charge in [0, 0.05) is 5.92 Å². The number of nitrogens with one attached hydrogen (secondary N) is 1. The minimum absolute atomic E-state index is 0.211. The van der Waals surface area contributed by atoms with E-state index in [4.69, 9.17) is 4.74 Å². The lowest BCUT2D eigenvalue weighted by molar-refractivity contribution is 0.411. The van der Waals surface area contributed by atoms with Crippen molar-refractivity contribution in [1.82, 2.24) is 0 Å². The Bertz CT molecular complexity index is 801. The summed E-state index contributed by atoms with van der Waals surface area (Å²) in [6.45, 7) is 0. The van der Waals surface area contributed by atoms with Gasteiger partial charge in [-0.05, 0) is 41.7 Å². The molecule has 2 aromatic rings. The van der Waals surface area contributed by atoms with Crippen LogP contribution in [-0.4, -0.2) is 7.11 Å². The van der Waals surface area contributed by atoms with Gasteiger partial charge in [-0.3, -0.25) is 0 Å². The number of nitriles is 1. The smallest absolute Gasteiger partial charge is 0.118 e. The van der Waals surface area contributed by atoms with Crippen LogP contribution in [-0.2, 0) is 0 Å². The molecule has 2 aliphatic rings. The van der Waals surface area contributed by atoms with Crippen molar-refractivity contribution in [2.24, 2.45) is 5.92 Å². The Morgan fingerprint density at radius 1 is 1.17 bits per heavy atom. The summed E-state index contributed by atoms with van der Waals surface area (Å²) in [5, 5.41) is 13.1. The van der Waals surface area contributed by atoms with Crippen LogP contribution in [0.5, 0.6) is 5.75 Å². The van der Waals surface area contributed by atoms with Gasteiger partial charge in [0.15, 0.2) is 0 Å². The maximum atomic E-state index is 9.43.